The van der Waals surface area contributed by atoms with Crippen LogP contribution < -0.4 is 0 Å². The monoisotopic (exact) mass is 272 g/mol. The molecule has 0 unspecified atom stereocenters. The van der Waals surface area contributed by atoms with E-state index < -0.39 is 0 Å². The van der Waals surface area contributed by atoms with Crippen molar-refractivity contribution in [1.82, 2.24) is 9.97 Å². The average Bonchev–Trinajstić information content (AvgIpc) is 2.48. The van der Waals surface area contributed by atoms with E-state index in [-0.39, 0.29) is 0 Å². The van der Waals surface area contributed by atoms with E-state index in [4.69, 9.17) is 16.6 Å². The van der Waals surface area contributed by atoms with Gasteiger partial charge in [0.25, 0.3) is 0 Å². The molecule has 0 radical (unpaired) electrons. The van der Waals surface area contributed by atoms with Crippen LogP contribution in [0.5, 0.6) is 0 Å². The summed E-state index contributed by atoms with van der Waals surface area (Å²) < 4.78 is 0. The number of benzene rings is 1. The second kappa shape index (κ2) is 5.70. The second-order valence-corrected chi connectivity index (χ2v) is 5.53. The van der Waals surface area contributed by atoms with E-state index in [9.17, 15) is 0 Å². The van der Waals surface area contributed by atoms with E-state index in [1.54, 1.807) is 0 Å². The summed E-state index contributed by atoms with van der Waals surface area (Å²) >= 11 is 6.17. The molecule has 0 amide bonds. The fraction of sp³-hybridized carbons (Fsp3) is 0.375. The second-order valence-electron chi connectivity index (χ2n) is 5.14. The Morgan fingerprint density at radius 3 is 2.42 bits per heavy atom. The topological polar surface area (TPSA) is 25.8 Å². The Kier molecular flexibility index (Phi) is 3.79. The van der Waals surface area contributed by atoms with Crippen LogP contribution in [0.25, 0.3) is 11.4 Å². The van der Waals surface area contributed by atoms with E-state index in [0.29, 0.717) is 11.1 Å². The predicted molar refractivity (Wildman–Crippen MR) is 78.3 cm³/mol. The molecule has 3 heteroatoms. The number of aromatic nitrogens is 2. The lowest BCUT2D eigenvalue weighted by Gasteiger charge is -2.21. The number of halogens is 1. The molecule has 1 aromatic heterocycles. The normalized spacial score (nSPS) is 16.5. The van der Waals surface area contributed by atoms with Gasteiger partial charge in [-0.2, -0.15) is 0 Å². The van der Waals surface area contributed by atoms with Crippen LogP contribution in [-0.4, -0.2) is 9.97 Å². The number of nitrogens with zero attached hydrogens (tertiary/aromatic N) is 2. The lowest BCUT2D eigenvalue weighted by atomic mass is 9.87. The lowest BCUT2D eigenvalue weighted by Crippen LogP contribution is -2.08. The van der Waals surface area contributed by atoms with Gasteiger partial charge in [0.1, 0.15) is 5.15 Å². The zero-order valence-corrected chi connectivity index (χ0v) is 11.6. The van der Waals surface area contributed by atoms with Gasteiger partial charge in [-0.15, -0.1) is 0 Å². The minimum Gasteiger partial charge on any atom is -0.233 e. The van der Waals surface area contributed by atoms with Crippen LogP contribution in [0.3, 0.4) is 0 Å². The zero-order valence-electron chi connectivity index (χ0n) is 10.8. The van der Waals surface area contributed by atoms with Crippen molar-refractivity contribution in [2.45, 2.75) is 38.0 Å². The Hall–Kier alpha value is -1.41. The lowest BCUT2D eigenvalue weighted by molar-refractivity contribution is 0.436. The van der Waals surface area contributed by atoms with Gasteiger partial charge in [0.2, 0.25) is 0 Å². The molecule has 2 aromatic rings. The SMILES string of the molecule is Clc1cc(C2CCCCC2)nc(-c2ccccc2)n1. The van der Waals surface area contributed by atoms with Crippen molar-refractivity contribution in [3.8, 4) is 11.4 Å². The highest BCUT2D eigenvalue weighted by Gasteiger charge is 2.18. The van der Waals surface area contributed by atoms with Crippen molar-refractivity contribution >= 4 is 11.6 Å². The third-order valence-corrected chi connectivity index (χ3v) is 3.96. The van der Waals surface area contributed by atoms with Crippen molar-refractivity contribution in [1.29, 1.82) is 0 Å². The Labute approximate surface area is 118 Å². The molecular formula is C16H17ClN2. The summed E-state index contributed by atoms with van der Waals surface area (Å²) in [6, 6.07) is 12.0. The van der Waals surface area contributed by atoms with Crippen molar-refractivity contribution in [3.05, 3.63) is 47.2 Å². The first-order valence-electron chi connectivity index (χ1n) is 6.93. The van der Waals surface area contributed by atoms with Gasteiger partial charge in [-0.25, -0.2) is 9.97 Å². The first-order valence-corrected chi connectivity index (χ1v) is 7.30. The smallest absolute Gasteiger partial charge is 0.161 e. The van der Waals surface area contributed by atoms with E-state index in [1.807, 2.05) is 36.4 Å². The molecule has 3 rings (SSSR count). The van der Waals surface area contributed by atoms with Crippen molar-refractivity contribution in [2.75, 3.05) is 0 Å². The summed E-state index contributed by atoms with van der Waals surface area (Å²) in [4.78, 5) is 9.09. The molecule has 0 saturated heterocycles. The van der Waals surface area contributed by atoms with Gasteiger partial charge >= 0.3 is 0 Å². The van der Waals surface area contributed by atoms with E-state index >= 15 is 0 Å². The summed E-state index contributed by atoms with van der Waals surface area (Å²) in [5.41, 5.74) is 2.14. The molecule has 1 heterocycles. The highest BCUT2D eigenvalue weighted by Crippen LogP contribution is 2.33. The number of rotatable bonds is 2. The van der Waals surface area contributed by atoms with Gasteiger partial charge in [0, 0.05) is 17.2 Å². The van der Waals surface area contributed by atoms with Crippen molar-refractivity contribution in [3.63, 3.8) is 0 Å². The van der Waals surface area contributed by atoms with Crippen LogP contribution >= 0.6 is 11.6 Å². The van der Waals surface area contributed by atoms with Crippen LogP contribution in [0, 0.1) is 0 Å². The maximum absolute atomic E-state index is 6.17. The molecule has 98 valence electrons. The molecule has 2 nitrogen and oxygen atoms in total. The third-order valence-electron chi connectivity index (χ3n) is 3.77. The number of hydrogen-bond donors (Lipinski definition) is 0. The highest BCUT2D eigenvalue weighted by molar-refractivity contribution is 6.29. The molecule has 0 spiro atoms. The maximum Gasteiger partial charge on any atom is 0.161 e. The summed E-state index contributed by atoms with van der Waals surface area (Å²) in [5.74, 6) is 1.30. The minimum absolute atomic E-state index is 0.550. The van der Waals surface area contributed by atoms with Crippen molar-refractivity contribution < 1.29 is 0 Å². The Morgan fingerprint density at radius 2 is 1.68 bits per heavy atom. The number of hydrogen-bond acceptors (Lipinski definition) is 2. The van der Waals surface area contributed by atoms with Gasteiger partial charge in [-0.1, -0.05) is 61.2 Å². The molecule has 1 aliphatic rings. The molecule has 1 fully saturated rings. The molecule has 0 aliphatic heterocycles. The third kappa shape index (κ3) is 2.95. The molecule has 19 heavy (non-hydrogen) atoms. The van der Waals surface area contributed by atoms with Crippen LogP contribution in [0.15, 0.2) is 36.4 Å². The largest absolute Gasteiger partial charge is 0.233 e. The van der Waals surface area contributed by atoms with Crippen molar-refractivity contribution in [2.24, 2.45) is 0 Å². The fourth-order valence-corrected chi connectivity index (χ4v) is 2.95. The first kappa shape index (κ1) is 12.6. The Balaban J connectivity index is 1.96. The summed E-state index contributed by atoms with van der Waals surface area (Å²) in [6.45, 7) is 0. The summed E-state index contributed by atoms with van der Waals surface area (Å²) in [7, 11) is 0. The highest BCUT2D eigenvalue weighted by atomic mass is 35.5. The molecule has 1 aliphatic carbocycles. The van der Waals surface area contributed by atoms with Gasteiger partial charge in [0.15, 0.2) is 5.82 Å². The maximum atomic E-state index is 6.17. The van der Waals surface area contributed by atoms with Crippen LogP contribution in [-0.2, 0) is 0 Å². The predicted octanol–water partition coefficient (Wildman–Crippen LogP) is 4.84. The van der Waals surface area contributed by atoms with E-state index in [0.717, 1.165) is 17.1 Å². The van der Waals surface area contributed by atoms with Gasteiger partial charge in [-0.05, 0) is 18.9 Å². The van der Waals surface area contributed by atoms with E-state index in [2.05, 4.69) is 4.98 Å². The van der Waals surface area contributed by atoms with Crippen LogP contribution in [0.4, 0.5) is 0 Å². The Bertz CT molecular complexity index is 548. The van der Waals surface area contributed by atoms with E-state index in [1.165, 1.54) is 32.1 Å². The molecule has 0 N–H and O–H groups in total. The van der Waals surface area contributed by atoms with Gasteiger partial charge in [-0.3, -0.25) is 0 Å². The molecule has 0 bridgehead atoms. The fourth-order valence-electron chi connectivity index (χ4n) is 2.76. The van der Waals surface area contributed by atoms with Gasteiger partial charge in [0.05, 0.1) is 0 Å². The van der Waals surface area contributed by atoms with Gasteiger partial charge < -0.3 is 0 Å². The average molecular weight is 273 g/mol. The standard InChI is InChI=1S/C16H17ClN2/c17-15-11-14(12-7-3-1-4-8-12)18-16(19-15)13-9-5-2-6-10-13/h2,5-6,9-12H,1,3-4,7-8H2. The first-order chi connectivity index (χ1) is 9.33. The Morgan fingerprint density at radius 1 is 0.947 bits per heavy atom. The molecular weight excluding hydrogens is 256 g/mol. The van der Waals surface area contributed by atoms with Crippen LogP contribution in [0.1, 0.15) is 43.7 Å². The minimum atomic E-state index is 0.550. The summed E-state index contributed by atoms with van der Waals surface area (Å²) in [5, 5.41) is 0.550. The van der Waals surface area contributed by atoms with Crippen LogP contribution in [0.2, 0.25) is 5.15 Å². The quantitative estimate of drug-likeness (QED) is 0.731. The summed E-state index contributed by atoms with van der Waals surface area (Å²) in [6.07, 6.45) is 6.39. The molecule has 1 saturated carbocycles. The molecule has 0 atom stereocenters. The molecule has 1 aromatic carbocycles. The zero-order chi connectivity index (χ0) is 13.1.